The first-order valence-corrected chi connectivity index (χ1v) is 9.47. The molecule has 0 unspecified atom stereocenters. The Hall–Kier alpha value is -1.53. The van der Waals surface area contributed by atoms with Gasteiger partial charge in [-0.1, -0.05) is 6.42 Å². The molecule has 6 nitrogen and oxygen atoms in total. The minimum Gasteiger partial charge on any atom is -0.464 e. The molecule has 2 aliphatic carbocycles. The molecule has 1 spiro atoms. The molecule has 1 N–H and O–H groups in total. The minimum atomic E-state index is -0.177. The Kier molecular flexibility index (Phi) is 4.50. The van der Waals surface area contributed by atoms with Gasteiger partial charge >= 0.3 is 6.03 Å². The van der Waals surface area contributed by atoms with Crippen LogP contribution >= 0.6 is 0 Å². The summed E-state index contributed by atoms with van der Waals surface area (Å²) >= 11 is 0. The molecule has 0 radical (unpaired) electrons. The number of amides is 2. The Morgan fingerprint density at radius 1 is 1.44 bits per heavy atom. The lowest BCUT2D eigenvalue weighted by molar-refractivity contribution is -0.170. The van der Waals surface area contributed by atoms with E-state index in [1.54, 1.807) is 0 Å². The van der Waals surface area contributed by atoms with Crippen molar-refractivity contribution in [2.45, 2.75) is 57.8 Å². The SMILES string of the molecule is CCO[C@@H]1C[C@@H](NC(=O)N2CCO[C@H](c3ccc(C)o3)C2)C12CCC2. The molecule has 3 aliphatic rings. The standard InChI is InChI=1S/C19H28N2O4/c1-3-23-17-11-16(19(17)7-4-8-19)20-18(22)21-9-10-24-15(12-21)14-6-5-13(2)25-14/h5-6,15-17H,3-4,7-12H2,1-2H3,(H,20,22)/t15-,16+,17+/m0/s1. The van der Waals surface area contributed by atoms with Gasteiger partial charge in [0.25, 0.3) is 0 Å². The predicted molar refractivity (Wildman–Crippen MR) is 92.3 cm³/mol. The van der Waals surface area contributed by atoms with E-state index in [4.69, 9.17) is 13.9 Å². The van der Waals surface area contributed by atoms with Gasteiger partial charge in [0.1, 0.15) is 17.6 Å². The number of rotatable bonds is 4. The molecule has 1 aromatic heterocycles. The first-order valence-electron chi connectivity index (χ1n) is 9.47. The topological polar surface area (TPSA) is 63.9 Å². The largest absolute Gasteiger partial charge is 0.464 e. The normalized spacial score (nSPS) is 30.6. The van der Waals surface area contributed by atoms with Crippen LogP contribution in [0.3, 0.4) is 0 Å². The lowest BCUT2D eigenvalue weighted by Crippen LogP contribution is -2.68. The maximum Gasteiger partial charge on any atom is 0.317 e. The Bertz CT molecular complexity index is 625. The lowest BCUT2D eigenvalue weighted by atomic mass is 9.51. The number of nitrogens with zero attached hydrogens (tertiary/aromatic N) is 1. The Morgan fingerprint density at radius 3 is 2.92 bits per heavy atom. The van der Waals surface area contributed by atoms with E-state index in [-0.39, 0.29) is 23.6 Å². The highest BCUT2D eigenvalue weighted by molar-refractivity contribution is 5.75. The molecular weight excluding hydrogens is 320 g/mol. The van der Waals surface area contributed by atoms with Crippen LogP contribution in [0.4, 0.5) is 4.79 Å². The van der Waals surface area contributed by atoms with E-state index in [0.717, 1.165) is 24.5 Å². The van der Waals surface area contributed by atoms with Gasteiger partial charge in [0.2, 0.25) is 0 Å². The first-order chi connectivity index (χ1) is 12.1. The third kappa shape index (κ3) is 2.95. The number of hydrogen-bond acceptors (Lipinski definition) is 4. The van der Waals surface area contributed by atoms with Gasteiger partial charge in [-0.2, -0.15) is 0 Å². The summed E-state index contributed by atoms with van der Waals surface area (Å²) in [5.41, 5.74) is 0.190. The van der Waals surface area contributed by atoms with Crippen LogP contribution in [0.1, 0.15) is 50.2 Å². The molecule has 138 valence electrons. The van der Waals surface area contributed by atoms with Crippen LogP contribution in [-0.2, 0) is 9.47 Å². The lowest BCUT2D eigenvalue weighted by Gasteiger charge is -2.61. The van der Waals surface area contributed by atoms with Crippen molar-refractivity contribution in [3.8, 4) is 0 Å². The maximum absolute atomic E-state index is 12.8. The molecule has 1 aliphatic heterocycles. The maximum atomic E-state index is 12.8. The van der Waals surface area contributed by atoms with Gasteiger partial charge in [0.05, 0.1) is 19.3 Å². The van der Waals surface area contributed by atoms with Crippen molar-refractivity contribution in [2.75, 3.05) is 26.3 Å². The number of hydrogen-bond donors (Lipinski definition) is 1. The average molecular weight is 348 g/mol. The molecule has 0 aromatic carbocycles. The predicted octanol–water partition coefficient (Wildman–Crippen LogP) is 3.02. The van der Waals surface area contributed by atoms with Crippen LogP contribution in [0.15, 0.2) is 16.5 Å². The van der Waals surface area contributed by atoms with Gasteiger partial charge in [-0.15, -0.1) is 0 Å². The van der Waals surface area contributed by atoms with E-state index in [0.29, 0.717) is 25.8 Å². The summed E-state index contributed by atoms with van der Waals surface area (Å²) in [5, 5.41) is 3.27. The van der Waals surface area contributed by atoms with E-state index < -0.39 is 0 Å². The number of urea groups is 1. The quantitative estimate of drug-likeness (QED) is 0.908. The molecule has 4 rings (SSSR count). The van der Waals surface area contributed by atoms with E-state index >= 15 is 0 Å². The number of ether oxygens (including phenoxy) is 2. The van der Waals surface area contributed by atoms with Crippen molar-refractivity contribution in [2.24, 2.45) is 5.41 Å². The molecule has 1 aromatic rings. The second-order valence-corrected chi connectivity index (χ2v) is 7.52. The Labute approximate surface area is 148 Å². The monoisotopic (exact) mass is 348 g/mol. The van der Waals surface area contributed by atoms with Crippen LogP contribution in [0.5, 0.6) is 0 Å². The van der Waals surface area contributed by atoms with E-state index in [2.05, 4.69) is 5.32 Å². The third-order valence-corrected chi connectivity index (χ3v) is 6.17. The van der Waals surface area contributed by atoms with Gasteiger partial charge in [0, 0.05) is 24.6 Å². The van der Waals surface area contributed by atoms with Crippen molar-refractivity contribution < 1.29 is 18.7 Å². The van der Waals surface area contributed by atoms with Gasteiger partial charge in [-0.05, 0) is 45.2 Å². The number of carbonyl (C=O) groups is 1. The number of nitrogens with one attached hydrogen (secondary N) is 1. The first kappa shape index (κ1) is 16.9. The number of carbonyl (C=O) groups excluding carboxylic acids is 1. The summed E-state index contributed by atoms with van der Waals surface area (Å²) in [5.74, 6) is 1.66. The molecule has 2 saturated carbocycles. The molecule has 3 fully saturated rings. The van der Waals surface area contributed by atoms with Crippen LogP contribution in [0.2, 0.25) is 0 Å². The van der Waals surface area contributed by atoms with Crippen molar-refractivity contribution >= 4 is 6.03 Å². The Balaban J connectivity index is 1.35. The average Bonchev–Trinajstić information content (AvgIpc) is 2.99. The molecule has 1 saturated heterocycles. The van der Waals surface area contributed by atoms with E-state index in [1.165, 1.54) is 19.3 Å². The van der Waals surface area contributed by atoms with Crippen molar-refractivity contribution in [1.29, 1.82) is 0 Å². The summed E-state index contributed by atoms with van der Waals surface area (Å²) in [6.45, 7) is 6.41. The molecule has 6 heteroatoms. The second kappa shape index (κ2) is 6.65. The summed E-state index contributed by atoms with van der Waals surface area (Å²) in [4.78, 5) is 14.6. The van der Waals surface area contributed by atoms with Gasteiger partial charge in [-0.25, -0.2) is 4.79 Å². The zero-order valence-electron chi connectivity index (χ0n) is 15.1. The molecule has 3 atom stereocenters. The van der Waals surface area contributed by atoms with Crippen molar-refractivity contribution in [1.82, 2.24) is 10.2 Å². The fourth-order valence-electron chi connectivity index (χ4n) is 4.51. The van der Waals surface area contributed by atoms with Gasteiger partial charge < -0.3 is 24.1 Å². The molecular formula is C19H28N2O4. The van der Waals surface area contributed by atoms with Crippen LogP contribution in [0, 0.1) is 12.3 Å². The van der Waals surface area contributed by atoms with E-state index in [1.807, 2.05) is 30.9 Å². The van der Waals surface area contributed by atoms with Crippen LogP contribution < -0.4 is 5.32 Å². The van der Waals surface area contributed by atoms with Crippen molar-refractivity contribution in [3.63, 3.8) is 0 Å². The third-order valence-electron chi connectivity index (χ3n) is 6.17. The van der Waals surface area contributed by atoms with Crippen LogP contribution in [0.25, 0.3) is 0 Å². The highest BCUT2D eigenvalue weighted by Crippen LogP contribution is 2.57. The second-order valence-electron chi connectivity index (χ2n) is 7.52. The number of furan rings is 1. The Morgan fingerprint density at radius 2 is 2.28 bits per heavy atom. The fourth-order valence-corrected chi connectivity index (χ4v) is 4.51. The minimum absolute atomic E-state index is 0.0165. The molecule has 2 amide bonds. The number of morpholine rings is 1. The smallest absolute Gasteiger partial charge is 0.317 e. The summed E-state index contributed by atoms with van der Waals surface area (Å²) in [6, 6.07) is 4.13. The summed E-state index contributed by atoms with van der Waals surface area (Å²) in [6.07, 6.45) is 4.65. The fraction of sp³-hybridized carbons (Fsp3) is 0.737. The summed E-state index contributed by atoms with van der Waals surface area (Å²) < 4.78 is 17.3. The van der Waals surface area contributed by atoms with Crippen LogP contribution in [-0.4, -0.2) is 49.4 Å². The summed E-state index contributed by atoms with van der Waals surface area (Å²) in [7, 11) is 0. The highest BCUT2D eigenvalue weighted by atomic mass is 16.5. The van der Waals surface area contributed by atoms with Gasteiger partial charge in [0.15, 0.2) is 0 Å². The van der Waals surface area contributed by atoms with Gasteiger partial charge in [-0.3, -0.25) is 0 Å². The number of aryl methyl sites for hydroxylation is 1. The molecule has 0 bridgehead atoms. The zero-order valence-corrected chi connectivity index (χ0v) is 15.1. The highest BCUT2D eigenvalue weighted by Gasteiger charge is 2.59. The molecule has 2 heterocycles. The van der Waals surface area contributed by atoms with E-state index in [9.17, 15) is 4.79 Å². The zero-order chi connectivity index (χ0) is 17.4. The van der Waals surface area contributed by atoms with Crippen molar-refractivity contribution in [3.05, 3.63) is 23.7 Å². The molecule has 25 heavy (non-hydrogen) atoms.